The molecule has 4 rings (SSSR count). The van der Waals surface area contributed by atoms with E-state index in [2.05, 4.69) is 33.4 Å². The molecule has 7 heteroatoms. The molecule has 0 unspecified atom stereocenters. The second-order valence-electron chi connectivity index (χ2n) is 6.12. The first-order valence-corrected chi connectivity index (χ1v) is 8.29. The topological polar surface area (TPSA) is 77.7 Å². The van der Waals surface area contributed by atoms with Crippen molar-refractivity contribution in [3.8, 4) is 11.4 Å². The Morgan fingerprint density at radius 2 is 2.08 bits per heavy atom. The number of hydrogen-bond donors (Lipinski definition) is 1. The van der Waals surface area contributed by atoms with Gasteiger partial charge < -0.3 is 9.30 Å². The van der Waals surface area contributed by atoms with Crippen LogP contribution in [0.25, 0.3) is 27.9 Å². The highest BCUT2D eigenvalue weighted by Crippen LogP contribution is 2.26. The molecule has 0 aliphatic carbocycles. The number of nitrogens with zero attached hydrogens (tertiary/aromatic N) is 4. The van der Waals surface area contributed by atoms with Gasteiger partial charge in [-0.2, -0.15) is 0 Å². The molecule has 0 fully saturated rings. The van der Waals surface area contributed by atoms with Crippen molar-refractivity contribution in [1.29, 1.82) is 0 Å². The molecule has 0 saturated heterocycles. The Balaban J connectivity index is 2.01. The van der Waals surface area contributed by atoms with Crippen LogP contribution < -0.4 is 10.4 Å². The third-order valence-electron chi connectivity index (χ3n) is 4.21. The number of pyridine rings is 1. The van der Waals surface area contributed by atoms with E-state index in [1.165, 1.54) is 0 Å². The summed E-state index contributed by atoms with van der Waals surface area (Å²) in [5.41, 5.74) is 3.53. The number of ether oxygens (including phenoxy) is 1. The highest BCUT2D eigenvalue weighted by molar-refractivity contribution is 5.83. The quantitative estimate of drug-likeness (QED) is 0.621. The van der Waals surface area contributed by atoms with Gasteiger partial charge in [0, 0.05) is 18.3 Å². The maximum atomic E-state index is 12.6. The lowest BCUT2D eigenvalue weighted by Gasteiger charge is -2.11. The van der Waals surface area contributed by atoms with Gasteiger partial charge in [-0.05, 0) is 39.0 Å². The molecule has 0 saturated carbocycles. The van der Waals surface area contributed by atoms with Crippen LogP contribution in [0.15, 0.2) is 41.6 Å². The number of H-pyrrole nitrogens is 1. The summed E-state index contributed by atoms with van der Waals surface area (Å²) in [6.07, 6.45) is 3.45. The minimum Gasteiger partial charge on any atom is -0.491 e. The van der Waals surface area contributed by atoms with Crippen molar-refractivity contribution in [2.45, 2.75) is 26.8 Å². The number of benzene rings is 1. The van der Waals surface area contributed by atoms with Crippen LogP contribution >= 0.6 is 0 Å². The number of nitrogens with one attached hydrogen (secondary N) is 1. The third kappa shape index (κ3) is 2.39. The first-order valence-electron chi connectivity index (χ1n) is 8.29. The Morgan fingerprint density at radius 1 is 1.24 bits per heavy atom. The minimum absolute atomic E-state index is 0.246. The summed E-state index contributed by atoms with van der Waals surface area (Å²) >= 11 is 0. The summed E-state index contributed by atoms with van der Waals surface area (Å²) in [4.78, 5) is 24.1. The van der Waals surface area contributed by atoms with Crippen molar-refractivity contribution < 1.29 is 4.74 Å². The molecule has 0 atom stereocenters. The Bertz CT molecular complexity index is 1120. The molecule has 128 valence electrons. The average Bonchev–Trinajstić information content (AvgIpc) is 3.15. The predicted molar refractivity (Wildman–Crippen MR) is 96.5 cm³/mol. The number of aromatic amines is 1. The first-order chi connectivity index (χ1) is 12.1. The zero-order chi connectivity index (χ0) is 17.6. The summed E-state index contributed by atoms with van der Waals surface area (Å²) in [5, 5.41) is 0. The molecule has 4 aromatic rings. The average molecular weight is 337 g/mol. The second kappa shape index (κ2) is 5.77. The van der Waals surface area contributed by atoms with Crippen molar-refractivity contribution in [2.24, 2.45) is 0 Å². The van der Waals surface area contributed by atoms with Crippen molar-refractivity contribution >= 4 is 22.2 Å². The lowest BCUT2D eigenvalue weighted by molar-refractivity contribution is 0.343. The molecule has 3 heterocycles. The van der Waals surface area contributed by atoms with Crippen LogP contribution in [0.1, 0.15) is 26.8 Å². The molecular weight excluding hydrogens is 318 g/mol. The SMILES string of the molecule is CCOc1ccnc2[nH]c(=O)n(-c3ccc4ncn(C(C)C)c4c3)c12. The fraction of sp³-hybridized carbons (Fsp3) is 0.278. The van der Waals surface area contributed by atoms with Crippen LogP contribution in [0.5, 0.6) is 5.75 Å². The van der Waals surface area contributed by atoms with E-state index in [0.717, 1.165) is 16.7 Å². The standard InChI is InChI=1S/C18H19N5O2/c1-4-25-15-7-8-19-17-16(15)23(18(24)21-17)12-5-6-13-14(9-12)22(10-20-13)11(2)3/h5-11H,4H2,1-3H3,(H,19,21,24). The molecule has 3 aromatic heterocycles. The molecule has 0 aliphatic heterocycles. The second-order valence-corrected chi connectivity index (χ2v) is 6.12. The van der Waals surface area contributed by atoms with Crippen LogP contribution in [0, 0.1) is 0 Å². The van der Waals surface area contributed by atoms with E-state index < -0.39 is 0 Å². The van der Waals surface area contributed by atoms with Gasteiger partial charge in [0.2, 0.25) is 0 Å². The molecule has 0 bridgehead atoms. The van der Waals surface area contributed by atoms with Gasteiger partial charge >= 0.3 is 5.69 Å². The van der Waals surface area contributed by atoms with Gasteiger partial charge in [0.25, 0.3) is 0 Å². The molecule has 0 spiro atoms. The van der Waals surface area contributed by atoms with Gasteiger partial charge in [0.15, 0.2) is 5.65 Å². The number of rotatable bonds is 4. The van der Waals surface area contributed by atoms with E-state index in [1.807, 2.05) is 31.5 Å². The number of imidazole rings is 2. The van der Waals surface area contributed by atoms with E-state index in [0.29, 0.717) is 23.5 Å². The van der Waals surface area contributed by atoms with Crippen molar-refractivity contribution in [1.82, 2.24) is 24.1 Å². The molecule has 0 radical (unpaired) electrons. The third-order valence-corrected chi connectivity index (χ3v) is 4.21. The van der Waals surface area contributed by atoms with E-state index in [9.17, 15) is 4.79 Å². The molecule has 1 N–H and O–H groups in total. The normalized spacial score (nSPS) is 11.7. The molecule has 7 nitrogen and oxygen atoms in total. The van der Waals surface area contributed by atoms with Crippen molar-refractivity contribution in [3.63, 3.8) is 0 Å². The first kappa shape index (κ1) is 15.4. The lowest BCUT2D eigenvalue weighted by Crippen LogP contribution is -2.15. The monoisotopic (exact) mass is 337 g/mol. The number of aromatic nitrogens is 5. The number of fused-ring (bicyclic) bond motifs is 2. The Kier molecular flexibility index (Phi) is 3.56. The van der Waals surface area contributed by atoms with E-state index in [1.54, 1.807) is 16.8 Å². The Hall–Kier alpha value is -3.09. The Labute approximate surface area is 143 Å². The maximum absolute atomic E-state index is 12.6. The van der Waals surface area contributed by atoms with Crippen LogP contribution in [0.2, 0.25) is 0 Å². The number of hydrogen-bond acceptors (Lipinski definition) is 4. The zero-order valence-corrected chi connectivity index (χ0v) is 14.4. The summed E-state index contributed by atoms with van der Waals surface area (Å²) in [6.45, 7) is 6.62. The van der Waals surface area contributed by atoms with Crippen LogP contribution in [-0.4, -0.2) is 30.7 Å². The lowest BCUT2D eigenvalue weighted by atomic mass is 10.2. The summed E-state index contributed by atoms with van der Waals surface area (Å²) in [6, 6.07) is 7.83. The maximum Gasteiger partial charge on any atom is 0.332 e. The van der Waals surface area contributed by atoms with Gasteiger partial charge in [-0.1, -0.05) is 0 Å². The summed E-state index contributed by atoms with van der Waals surface area (Å²) < 4.78 is 9.38. The highest BCUT2D eigenvalue weighted by Gasteiger charge is 2.16. The minimum atomic E-state index is -0.246. The molecule has 1 aromatic carbocycles. The highest BCUT2D eigenvalue weighted by atomic mass is 16.5. The fourth-order valence-electron chi connectivity index (χ4n) is 3.09. The van der Waals surface area contributed by atoms with Gasteiger partial charge in [0.1, 0.15) is 11.3 Å². The van der Waals surface area contributed by atoms with Gasteiger partial charge in [-0.25, -0.2) is 14.8 Å². The summed E-state index contributed by atoms with van der Waals surface area (Å²) in [7, 11) is 0. The zero-order valence-electron chi connectivity index (χ0n) is 14.4. The molecule has 25 heavy (non-hydrogen) atoms. The largest absolute Gasteiger partial charge is 0.491 e. The van der Waals surface area contributed by atoms with Crippen LogP contribution in [0.4, 0.5) is 0 Å². The fourth-order valence-corrected chi connectivity index (χ4v) is 3.09. The van der Waals surface area contributed by atoms with Crippen molar-refractivity contribution in [2.75, 3.05) is 6.61 Å². The molecular formula is C18H19N5O2. The van der Waals surface area contributed by atoms with Gasteiger partial charge in [-0.3, -0.25) is 9.55 Å². The molecule has 0 aliphatic rings. The van der Waals surface area contributed by atoms with E-state index in [4.69, 9.17) is 4.74 Å². The van der Waals surface area contributed by atoms with Crippen molar-refractivity contribution in [3.05, 3.63) is 47.3 Å². The molecule has 0 amide bonds. The Morgan fingerprint density at radius 3 is 2.84 bits per heavy atom. The predicted octanol–water partition coefficient (Wildman–Crippen LogP) is 3.04. The van der Waals surface area contributed by atoms with E-state index >= 15 is 0 Å². The summed E-state index contributed by atoms with van der Waals surface area (Å²) in [5.74, 6) is 0.628. The van der Waals surface area contributed by atoms with E-state index in [-0.39, 0.29) is 11.7 Å². The van der Waals surface area contributed by atoms with Crippen LogP contribution in [-0.2, 0) is 0 Å². The van der Waals surface area contributed by atoms with Gasteiger partial charge in [-0.15, -0.1) is 0 Å². The van der Waals surface area contributed by atoms with Crippen LogP contribution in [0.3, 0.4) is 0 Å². The van der Waals surface area contributed by atoms with Gasteiger partial charge in [0.05, 0.1) is 29.7 Å². The smallest absolute Gasteiger partial charge is 0.332 e.